The summed E-state index contributed by atoms with van der Waals surface area (Å²) in [5, 5.41) is 3.35. The molecule has 1 amide bonds. The summed E-state index contributed by atoms with van der Waals surface area (Å²) >= 11 is 0. The molecule has 1 N–H and O–H groups in total. The highest BCUT2D eigenvalue weighted by atomic mass is 16.2. The summed E-state index contributed by atoms with van der Waals surface area (Å²) in [7, 11) is 1.84. The molecule has 1 unspecified atom stereocenters. The van der Waals surface area contributed by atoms with Crippen LogP contribution in [0.1, 0.15) is 19.3 Å². The average molecular weight is 218 g/mol. The van der Waals surface area contributed by atoms with E-state index in [-0.39, 0.29) is 5.91 Å². The SMILES string of the molecule is CN(C(=O)CC1CCCN1)c1ccccc1. The molecule has 1 atom stereocenters. The van der Waals surface area contributed by atoms with Crippen LogP contribution in [-0.2, 0) is 4.79 Å². The number of anilines is 1. The number of carbonyl (C=O) groups excluding carboxylic acids is 1. The van der Waals surface area contributed by atoms with Gasteiger partial charge in [0.2, 0.25) is 5.91 Å². The number of carbonyl (C=O) groups is 1. The number of amides is 1. The second-order valence-electron chi connectivity index (χ2n) is 4.29. The van der Waals surface area contributed by atoms with Crippen LogP contribution in [-0.4, -0.2) is 25.5 Å². The quantitative estimate of drug-likeness (QED) is 0.839. The molecule has 0 radical (unpaired) electrons. The molecule has 1 aliphatic rings. The Bertz CT molecular complexity index is 344. The fourth-order valence-electron chi connectivity index (χ4n) is 2.07. The standard InChI is InChI=1S/C13H18N2O/c1-15(12-7-3-2-4-8-12)13(16)10-11-6-5-9-14-11/h2-4,7-8,11,14H,5-6,9-10H2,1H3. The van der Waals surface area contributed by atoms with Gasteiger partial charge in [0.05, 0.1) is 0 Å². The van der Waals surface area contributed by atoms with E-state index in [4.69, 9.17) is 0 Å². The second kappa shape index (κ2) is 5.12. The van der Waals surface area contributed by atoms with Gasteiger partial charge >= 0.3 is 0 Å². The molecule has 1 fully saturated rings. The third-order valence-corrected chi connectivity index (χ3v) is 3.10. The highest BCUT2D eigenvalue weighted by Crippen LogP contribution is 2.15. The predicted octanol–water partition coefficient (Wildman–Crippen LogP) is 1.79. The molecular weight excluding hydrogens is 200 g/mol. The topological polar surface area (TPSA) is 32.3 Å². The number of hydrogen-bond acceptors (Lipinski definition) is 2. The highest BCUT2D eigenvalue weighted by molar-refractivity contribution is 5.93. The Hall–Kier alpha value is -1.35. The van der Waals surface area contributed by atoms with Crippen molar-refractivity contribution in [2.24, 2.45) is 0 Å². The molecule has 0 aliphatic carbocycles. The van der Waals surface area contributed by atoms with Gasteiger partial charge in [-0.2, -0.15) is 0 Å². The zero-order chi connectivity index (χ0) is 11.4. The lowest BCUT2D eigenvalue weighted by atomic mass is 10.1. The Kier molecular flexibility index (Phi) is 3.57. The molecule has 0 aromatic heterocycles. The molecule has 1 heterocycles. The van der Waals surface area contributed by atoms with Crippen LogP contribution in [0.25, 0.3) is 0 Å². The van der Waals surface area contributed by atoms with Crippen LogP contribution in [0.5, 0.6) is 0 Å². The van der Waals surface area contributed by atoms with E-state index in [1.165, 1.54) is 6.42 Å². The summed E-state index contributed by atoms with van der Waals surface area (Å²) in [5.41, 5.74) is 0.963. The first-order valence-corrected chi connectivity index (χ1v) is 5.82. The van der Waals surface area contributed by atoms with Crippen molar-refractivity contribution in [3.63, 3.8) is 0 Å². The van der Waals surface area contributed by atoms with Crippen molar-refractivity contribution in [3.8, 4) is 0 Å². The largest absolute Gasteiger partial charge is 0.315 e. The third-order valence-electron chi connectivity index (χ3n) is 3.10. The molecule has 2 rings (SSSR count). The van der Waals surface area contributed by atoms with E-state index in [9.17, 15) is 4.79 Å². The van der Waals surface area contributed by atoms with Crippen LogP contribution in [0.3, 0.4) is 0 Å². The van der Waals surface area contributed by atoms with E-state index in [1.807, 2.05) is 37.4 Å². The monoisotopic (exact) mass is 218 g/mol. The molecule has 1 saturated heterocycles. The third kappa shape index (κ3) is 2.61. The number of benzene rings is 1. The first kappa shape index (κ1) is 11.1. The van der Waals surface area contributed by atoms with Crippen molar-refractivity contribution < 1.29 is 4.79 Å². The highest BCUT2D eigenvalue weighted by Gasteiger charge is 2.20. The van der Waals surface area contributed by atoms with Gasteiger partial charge in [0.1, 0.15) is 0 Å². The maximum Gasteiger partial charge on any atom is 0.228 e. The molecule has 1 aliphatic heterocycles. The number of rotatable bonds is 3. The van der Waals surface area contributed by atoms with E-state index in [1.54, 1.807) is 4.90 Å². The van der Waals surface area contributed by atoms with E-state index in [2.05, 4.69) is 5.32 Å². The van der Waals surface area contributed by atoms with Gasteiger partial charge in [-0.25, -0.2) is 0 Å². The molecule has 0 spiro atoms. The molecular formula is C13H18N2O. The average Bonchev–Trinajstić information content (AvgIpc) is 2.82. The number of nitrogens with zero attached hydrogens (tertiary/aromatic N) is 1. The Balaban J connectivity index is 1.94. The van der Waals surface area contributed by atoms with Crippen LogP contribution in [0, 0.1) is 0 Å². The normalized spacial score (nSPS) is 19.7. The summed E-state index contributed by atoms with van der Waals surface area (Å²) in [6.07, 6.45) is 2.91. The Morgan fingerprint density at radius 1 is 1.44 bits per heavy atom. The minimum absolute atomic E-state index is 0.186. The van der Waals surface area contributed by atoms with Crippen LogP contribution >= 0.6 is 0 Å². The summed E-state index contributed by atoms with van der Waals surface area (Å²) in [4.78, 5) is 13.7. The first-order chi connectivity index (χ1) is 7.77. The summed E-state index contributed by atoms with van der Waals surface area (Å²) in [6.45, 7) is 1.05. The van der Waals surface area contributed by atoms with Gasteiger partial charge < -0.3 is 10.2 Å². The smallest absolute Gasteiger partial charge is 0.228 e. The molecule has 3 heteroatoms. The Morgan fingerprint density at radius 2 is 2.19 bits per heavy atom. The van der Waals surface area contributed by atoms with Crippen LogP contribution in [0.15, 0.2) is 30.3 Å². The fraction of sp³-hybridized carbons (Fsp3) is 0.462. The minimum Gasteiger partial charge on any atom is -0.315 e. The van der Waals surface area contributed by atoms with E-state index < -0.39 is 0 Å². The lowest BCUT2D eigenvalue weighted by Gasteiger charge is -2.19. The molecule has 0 saturated carbocycles. The number of para-hydroxylation sites is 1. The predicted molar refractivity (Wildman–Crippen MR) is 65.5 cm³/mol. The molecule has 16 heavy (non-hydrogen) atoms. The van der Waals surface area contributed by atoms with Crippen LogP contribution < -0.4 is 10.2 Å². The van der Waals surface area contributed by atoms with Gasteiger partial charge in [-0.05, 0) is 31.5 Å². The van der Waals surface area contributed by atoms with Gasteiger partial charge in [-0.1, -0.05) is 18.2 Å². The van der Waals surface area contributed by atoms with Crippen molar-refractivity contribution in [1.82, 2.24) is 5.32 Å². The minimum atomic E-state index is 0.186. The van der Waals surface area contributed by atoms with Crippen LogP contribution in [0.2, 0.25) is 0 Å². The molecule has 86 valence electrons. The van der Waals surface area contributed by atoms with Gasteiger partial charge in [0.25, 0.3) is 0 Å². The summed E-state index contributed by atoms with van der Waals surface area (Å²) in [6, 6.07) is 10.2. The summed E-state index contributed by atoms with van der Waals surface area (Å²) < 4.78 is 0. The molecule has 1 aromatic carbocycles. The zero-order valence-electron chi connectivity index (χ0n) is 9.65. The molecule has 3 nitrogen and oxygen atoms in total. The van der Waals surface area contributed by atoms with Gasteiger partial charge in [0.15, 0.2) is 0 Å². The lowest BCUT2D eigenvalue weighted by Crippen LogP contribution is -2.33. The van der Waals surface area contributed by atoms with Crippen molar-refractivity contribution in [1.29, 1.82) is 0 Å². The van der Waals surface area contributed by atoms with Crippen molar-refractivity contribution in [2.75, 3.05) is 18.5 Å². The zero-order valence-corrected chi connectivity index (χ0v) is 9.65. The van der Waals surface area contributed by atoms with E-state index in [0.717, 1.165) is 18.7 Å². The first-order valence-electron chi connectivity index (χ1n) is 5.82. The van der Waals surface area contributed by atoms with E-state index in [0.29, 0.717) is 12.5 Å². The Morgan fingerprint density at radius 3 is 2.81 bits per heavy atom. The molecule has 0 bridgehead atoms. The number of nitrogens with one attached hydrogen (secondary N) is 1. The van der Waals surface area contributed by atoms with Crippen molar-refractivity contribution in [3.05, 3.63) is 30.3 Å². The summed E-state index contributed by atoms with van der Waals surface area (Å²) in [5.74, 6) is 0.186. The fourth-order valence-corrected chi connectivity index (χ4v) is 2.07. The second-order valence-corrected chi connectivity index (χ2v) is 4.29. The van der Waals surface area contributed by atoms with E-state index >= 15 is 0 Å². The van der Waals surface area contributed by atoms with Crippen molar-refractivity contribution >= 4 is 11.6 Å². The maximum atomic E-state index is 12.0. The van der Waals surface area contributed by atoms with Gasteiger partial charge in [0, 0.05) is 25.2 Å². The molecule has 1 aromatic rings. The van der Waals surface area contributed by atoms with Gasteiger partial charge in [-0.15, -0.1) is 0 Å². The maximum absolute atomic E-state index is 12.0. The van der Waals surface area contributed by atoms with Gasteiger partial charge in [-0.3, -0.25) is 4.79 Å². The van der Waals surface area contributed by atoms with Crippen LogP contribution in [0.4, 0.5) is 5.69 Å². The Labute approximate surface area is 96.5 Å². The lowest BCUT2D eigenvalue weighted by molar-refractivity contribution is -0.118. The number of hydrogen-bond donors (Lipinski definition) is 1. The van der Waals surface area contributed by atoms with Crippen molar-refractivity contribution in [2.45, 2.75) is 25.3 Å².